The van der Waals surface area contributed by atoms with Crippen LogP contribution in [0.1, 0.15) is 44.9 Å². The maximum atomic E-state index is 14.0. The van der Waals surface area contributed by atoms with E-state index in [9.17, 15) is 22.0 Å². The molecule has 0 radical (unpaired) electrons. The fraction of sp³-hybridized carbons (Fsp3) is 0.696. The molecular formula is C23H33F2N3O3S. The second kappa shape index (κ2) is 10.1. The molecule has 3 fully saturated rings. The molecule has 32 heavy (non-hydrogen) atoms. The zero-order chi connectivity index (χ0) is 22.7. The minimum absolute atomic E-state index is 0.0938. The van der Waals surface area contributed by atoms with Crippen LogP contribution in [0.3, 0.4) is 0 Å². The number of benzene rings is 1. The highest BCUT2D eigenvalue weighted by atomic mass is 32.2. The number of rotatable bonds is 5. The highest BCUT2D eigenvalue weighted by Gasteiger charge is 2.36. The van der Waals surface area contributed by atoms with E-state index in [1.807, 2.05) is 4.90 Å². The molecule has 2 aliphatic heterocycles. The van der Waals surface area contributed by atoms with E-state index in [1.165, 1.54) is 32.1 Å². The lowest BCUT2D eigenvalue weighted by molar-refractivity contribution is -0.138. The Balaban J connectivity index is 1.27. The van der Waals surface area contributed by atoms with Gasteiger partial charge in [0, 0.05) is 51.7 Å². The zero-order valence-electron chi connectivity index (χ0n) is 18.5. The van der Waals surface area contributed by atoms with Crippen LogP contribution in [0.4, 0.5) is 8.78 Å². The molecule has 0 N–H and O–H groups in total. The van der Waals surface area contributed by atoms with Gasteiger partial charge in [0.25, 0.3) is 0 Å². The van der Waals surface area contributed by atoms with Gasteiger partial charge >= 0.3 is 0 Å². The highest BCUT2D eigenvalue weighted by Crippen LogP contribution is 2.28. The summed E-state index contributed by atoms with van der Waals surface area (Å²) in [6, 6.07) is 2.44. The Kier molecular flexibility index (Phi) is 7.47. The van der Waals surface area contributed by atoms with Crippen LogP contribution in [0, 0.1) is 23.5 Å². The maximum absolute atomic E-state index is 14.0. The van der Waals surface area contributed by atoms with Crippen molar-refractivity contribution in [2.45, 2.75) is 49.8 Å². The van der Waals surface area contributed by atoms with E-state index in [0.717, 1.165) is 55.1 Å². The molecule has 4 rings (SSSR count). The molecule has 0 bridgehead atoms. The van der Waals surface area contributed by atoms with Crippen molar-refractivity contribution in [1.82, 2.24) is 14.1 Å². The van der Waals surface area contributed by atoms with Gasteiger partial charge in [-0.1, -0.05) is 19.3 Å². The molecule has 0 atom stereocenters. The van der Waals surface area contributed by atoms with Crippen LogP contribution < -0.4 is 0 Å². The van der Waals surface area contributed by atoms with Gasteiger partial charge in [-0.05, 0) is 49.8 Å². The molecule has 0 aromatic heterocycles. The van der Waals surface area contributed by atoms with Gasteiger partial charge < -0.3 is 4.90 Å². The summed E-state index contributed by atoms with van der Waals surface area (Å²) in [6.07, 6.45) is 7.47. The Hall–Kier alpha value is -1.58. The maximum Gasteiger partial charge on any atom is 0.246 e. The predicted octanol–water partition coefficient (Wildman–Crippen LogP) is 3.09. The van der Waals surface area contributed by atoms with Crippen molar-refractivity contribution in [3.63, 3.8) is 0 Å². The SMILES string of the molecule is O=C(C1CCN(S(=O)(=O)c2cc(F)ccc2F)CC1)N1CCN(CC2CCCCC2)CC1. The summed E-state index contributed by atoms with van der Waals surface area (Å²) >= 11 is 0. The molecular weight excluding hydrogens is 436 g/mol. The minimum atomic E-state index is -4.12. The van der Waals surface area contributed by atoms with Gasteiger partial charge in [0.1, 0.15) is 16.5 Å². The number of sulfonamides is 1. The standard InChI is InChI=1S/C23H33F2N3O3S/c24-20-6-7-21(25)22(16-20)32(30,31)28-10-8-19(9-11-28)23(29)27-14-12-26(13-15-27)17-18-4-2-1-3-5-18/h6-7,16,18-19H,1-5,8-15,17H2. The van der Waals surface area contributed by atoms with Crippen molar-refractivity contribution >= 4 is 15.9 Å². The smallest absolute Gasteiger partial charge is 0.246 e. The lowest BCUT2D eigenvalue weighted by Gasteiger charge is -2.39. The second-order valence-corrected chi connectivity index (χ2v) is 11.3. The summed E-state index contributed by atoms with van der Waals surface area (Å²) < 4.78 is 54.2. The molecule has 0 unspecified atom stereocenters. The van der Waals surface area contributed by atoms with E-state index in [2.05, 4.69) is 4.90 Å². The summed E-state index contributed by atoms with van der Waals surface area (Å²) in [7, 11) is -4.12. The summed E-state index contributed by atoms with van der Waals surface area (Å²) in [5, 5.41) is 0. The summed E-state index contributed by atoms with van der Waals surface area (Å²) in [5.41, 5.74) is 0. The van der Waals surface area contributed by atoms with Gasteiger partial charge in [0.05, 0.1) is 0 Å². The van der Waals surface area contributed by atoms with Crippen LogP contribution in [-0.4, -0.2) is 74.2 Å². The first-order valence-electron chi connectivity index (χ1n) is 11.8. The zero-order valence-corrected chi connectivity index (χ0v) is 19.3. The molecule has 3 aliphatic rings. The number of nitrogens with zero attached hydrogens (tertiary/aromatic N) is 3. The molecule has 1 aromatic rings. The Labute approximate surface area is 189 Å². The normalized spacial score (nSPS) is 22.9. The van der Waals surface area contributed by atoms with E-state index in [4.69, 9.17) is 0 Å². The average Bonchev–Trinajstić information content (AvgIpc) is 2.81. The Morgan fingerprint density at radius 3 is 2.22 bits per heavy atom. The van der Waals surface area contributed by atoms with Crippen molar-refractivity contribution in [1.29, 1.82) is 0 Å². The van der Waals surface area contributed by atoms with Crippen molar-refractivity contribution in [2.24, 2.45) is 11.8 Å². The van der Waals surface area contributed by atoms with Crippen LogP contribution in [0.5, 0.6) is 0 Å². The van der Waals surface area contributed by atoms with Gasteiger partial charge in [0.2, 0.25) is 15.9 Å². The van der Waals surface area contributed by atoms with Gasteiger partial charge in [-0.2, -0.15) is 4.31 Å². The first-order valence-corrected chi connectivity index (χ1v) is 13.2. The molecule has 2 heterocycles. The minimum Gasteiger partial charge on any atom is -0.340 e. The average molecular weight is 470 g/mol. The lowest BCUT2D eigenvalue weighted by atomic mass is 9.89. The number of amides is 1. The third-order valence-electron chi connectivity index (χ3n) is 7.24. The number of hydrogen-bond donors (Lipinski definition) is 0. The second-order valence-electron chi connectivity index (χ2n) is 9.38. The van der Waals surface area contributed by atoms with E-state index in [1.54, 1.807) is 0 Å². The summed E-state index contributed by atoms with van der Waals surface area (Å²) in [4.78, 5) is 16.8. The molecule has 2 saturated heterocycles. The Bertz CT molecular complexity index is 905. The van der Waals surface area contributed by atoms with Crippen LogP contribution >= 0.6 is 0 Å². The van der Waals surface area contributed by atoms with Crippen molar-refractivity contribution in [3.8, 4) is 0 Å². The third kappa shape index (κ3) is 5.31. The fourth-order valence-electron chi connectivity index (χ4n) is 5.30. The molecule has 178 valence electrons. The summed E-state index contributed by atoms with van der Waals surface area (Å²) in [6.45, 7) is 4.64. The van der Waals surface area contributed by atoms with Crippen LogP contribution in [0.2, 0.25) is 0 Å². The molecule has 1 aromatic carbocycles. The largest absolute Gasteiger partial charge is 0.340 e. The van der Waals surface area contributed by atoms with Crippen LogP contribution in [-0.2, 0) is 14.8 Å². The number of piperazine rings is 1. The number of carbonyl (C=O) groups excluding carboxylic acids is 1. The van der Waals surface area contributed by atoms with Crippen molar-refractivity contribution < 1.29 is 22.0 Å². The van der Waals surface area contributed by atoms with E-state index in [0.29, 0.717) is 18.9 Å². The Morgan fingerprint density at radius 2 is 1.56 bits per heavy atom. The van der Waals surface area contributed by atoms with Gasteiger partial charge in [-0.3, -0.25) is 9.69 Å². The molecule has 1 saturated carbocycles. The van der Waals surface area contributed by atoms with Crippen LogP contribution in [0.25, 0.3) is 0 Å². The van der Waals surface area contributed by atoms with Gasteiger partial charge in [0.15, 0.2) is 0 Å². The molecule has 1 amide bonds. The Morgan fingerprint density at radius 1 is 0.906 bits per heavy atom. The third-order valence-corrected chi connectivity index (χ3v) is 9.15. The summed E-state index contributed by atoms with van der Waals surface area (Å²) in [5.74, 6) is -1.09. The topological polar surface area (TPSA) is 60.9 Å². The van der Waals surface area contributed by atoms with E-state index >= 15 is 0 Å². The van der Waals surface area contributed by atoms with Crippen molar-refractivity contribution in [2.75, 3.05) is 45.8 Å². The first-order chi connectivity index (χ1) is 15.3. The number of halogens is 2. The number of carbonyl (C=O) groups is 1. The molecule has 0 spiro atoms. The first kappa shape index (κ1) is 23.6. The number of piperidine rings is 1. The highest BCUT2D eigenvalue weighted by molar-refractivity contribution is 7.89. The molecule has 9 heteroatoms. The van der Waals surface area contributed by atoms with Gasteiger partial charge in [-0.25, -0.2) is 17.2 Å². The lowest BCUT2D eigenvalue weighted by Crippen LogP contribution is -2.52. The van der Waals surface area contributed by atoms with E-state index < -0.39 is 26.6 Å². The quantitative estimate of drug-likeness (QED) is 0.665. The molecule has 1 aliphatic carbocycles. The number of hydrogen-bond acceptors (Lipinski definition) is 4. The predicted molar refractivity (Wildman–Crippen MR) is 117 cm³/mol. The monoisotopic (exact) mass is 469 g/mol. The fourth-order valence-corrected chi connectivity index (χ4v) is 6.85. The van der Waals surface area contributed by atoms with Gasteiger partial charge in [-0.15, -0.1) is 0 Å². The van der Waals surface area contributed by atoms with Crippen molar-refractivity contribution in [3.05, 3.63) is 29.8 Å². The van der Waals surface area contributed by atoms with E-state index in [-0.39, 0.29) is 24.9 Å². The van der Waals surface area contributed by atoms with Crippen LogP contribution in [0.15, 0.2) is 23.1 Å². The molecule has 6 nitrogen and oxygen atoms in total.